The lowest BCUT2D eigenvalue weighted by molar-refractivity contribution is -0.0433. The van der Waals surface area contributed by atoms with Crippen LogP contribution in [0.15, 0.2) is 54.6 Å². The summed E-state index contributed by atoms with van der Waals surface area (Å²) in [6.07, 6.45) is -0.400. The summed E-state index contributed by atoms with van der Waals surface area (Å²) in [5, 5.41) is 1.67. The maximum Gasteiger partial charge on any atom is 0.184 e. The zero-order valence-corrected chi connectivity index (χ0v) is 12.3. The molecule has 1 fully saturated rings. The highest BCUT2D eigenvalue weighted by atomic mass is 31.2. The molecule has 0 N–H and O–H groups in total. The third-order valence-electron chi connectivity index (χ3n) is 3.52. The highest BCUT2D eigenvalue weighted by Gasteiger charge is 2.29. The fourth-order valence-corrected chi connectivity index (χ4v) is 4.53. The summed E-state index contributed by atoms with van der Waals surface area (Å²) in [6.45, 7) is 2.97. The van der Waals surface area contributed by atoms with Crippen molar-refractivity contribution < 1.29 is 14.0 Å². The van der Waals surface area contributed by atoms with Crippen molar-refractivity contribution in [3.63, 3.8) is 0 Å². The van der Waals surface area contributed by atoms with Gasteiger partial charge in [-0.3, -0.25) is 0 Å². The SMILES string of the molecule is CP(=O)(c1ccccc1)c1ccccc1C1OCCO1. The van der Waals surface area contributed by atoms with Crippen molar-refractivity contribution in [2.45, 2.75) is 6.29 Å². The molecule has 1 aliphatic heterocycles. The van der Waals surface area contributed by atoms with Crippen LogP contribution in [-0.4, -0.2) is 19.9 Å². The highest BCUT2D eigenvalue weighted by Crippen LogP contribution is 2.41. The van der Waals surface area contributed by atoms with Gasteiger partial charge in [0.2, 0.25) is 0 Å². The zero-order valence-electron chi connectivity index (χ0n) is 11.4. The molecule has 1 aliphatic rings. The molecule has 1 saturated heterocycles. The molecule has 0 saturated carbocycles. The molecule has 3 rings (SSSR count). The van der Waals surface area contributed by atoms with Crippen LogP contribution in [0, 0.1) is 0 Å². The quantitative estimate of drug-likeness (QED) is 0.815. The smallest absolute Gasteiger partial charge is 0.184 e. The van der Waals surface area contributed by atoms with Crippen LogP contribution in [0.2, 0.25) is 0 Å². The van der Waals surface area contributed by atoms with E-state index in [1.54, 1.807) is 6.66 Å². The predicted molar refractivity (Wildman–Crippen MR) is 80.3 cm³/mol. The lowest BCUT2D eigenvalue weighted by Crippen LogP contribution is -2.21. The molecule has 3 nitrogen and oxygen atoms in total. The van der Waals surface area contributed by atoms with Crippen molar-refractivity contribution in [2.75, 3.05) is 19.9 Å². The van der Waals surface area contributed by atoms with Gasteiger partial charge < -0.3 is 14.0 Å². The average Bonchev–Trinajstić information content (AvgIpc) is 3.02. The van der Waals surface area contributed by atoms with Crippen LogP contribution in [0.1, 0.15) is 11.9 Å². The van der Waals surface area contributed by atoms with E-state index >= 15 is 0 Å². The minimum absolute atomic E-state index is 0.400. The Bertz CT molecular complexity index is 633. The van der Waals surface area contributed by atoms with E-state index in [-0.39, 0.29) is 0 Å². The third-order valence-corrected chi connectivity index (χ3v) is 6.13. The molecule has 0 amide bonds. The van der Waals surface area contributed by atoms with Crippen LogP contribution < -0.4 is 10.6 Å². The molecule has 0 aromatic heterocycles. The first-order valence-electron chi connectivity index (χ1n) is 6.65. The average molecular weight is 288 g/mol. The van der Waals surface area contributed by atoms with E-state index in [2.05, 4.69) is 0 Å². The summed E-state index contributed by atoms with van der Waals surface area (Å²) < 4.78 is 24.4. The standard InChI is InChI=1S/C16H17O3P/c1-20(17,13-7-3-2-4-8-13)15-10-6-5-9-14(15)16-18-11-12-19-16/h2-10,16H,11-12H2,1H3. The van der Waals surface area contributed by atoms with Crippen LogP contribution in [0.25, 0.3) is 0 Å². The van der Waals surface area contributed by atoms with Gasteiger partial charge in [-0.2, -0.15) is 0 Å². The van der Waals surface area contributed by atoms with Gasteiger partial charge in [0, 0.05) is 16.2 Å². The normalized spacial score (nSPS) is 18.9. The fraction of sp³-hybridized carbons (Fsp3) is 0.250. The van der Waals surface area contributed by atoms with E-state index in [0.29, 0.717) is 13.2 Å². The fourth-order valence-electron chi connectivity index (χ4n) is 2.46. The minimum atomic E-state index is -2.65. The van der Waals surface area contributed by atoms with Crippen LogP contribution >= 0.6 is 7.14 Å². The van der Waals surface area contributed by atoms with Gasteiger partial charge in [0.05, 0.1) is 13.2 Å². The van der Waals surface area contributed by atoms with Gasteiger partial charge >= 0.3 is 0 Å². The Morgan fingerprint density at radius 2 is 1.55 bits per heavy atom. The molecule has 1 unspecified atom stereocenters. The zero-order chi connectivity index (χ0) is 14.0. The molecule has 1 atom stereocenters. The maximum atomic E-state index is 13.3. The van der Waals surface area contributed by atoms with E-state index in [1.165, 1.54) is 0 Å². The van der Waals surface area contributed by atoms with Crippen molar-refractivity contribution >= 4 is 17.8 Å². The number of rotatable bonds is 3. The van der Waals surface area contributed by atoms with Gasteiger partial charge in [-0.25, -0.2) is 0 Å². The van der Waals surface area contributed by atoms with Crippen molar-refractivity contribution in [3.8, 4) is 0 Å². The maximum absolute atomic E-state index is 13.3. The summed E-state index contributed by atoms with van der Waals surface area (Å²) >= 11 is 0. The summed E-state index contributed by atoms with van der Waals surface area (Å²) in [6, 6.07) is 17.3. The second kappa shape index (κ2) is 5.53. The first-order valence-corrected chi connectivity index (χ1v) is 8.81. The van der Waals surface area contributed by atoms with Gasteiger partial charge in [0.25, 0.3) is 0 Å². The molecule has 1 heterocycles. The summed E-state index contributed by atoms with van der Waals surface area (Å²) in [5.74, 6) is 0. The van der Waals surface area contributed by atoms with Crippen molar-refractivity contribution in [3.05, 3.63) is 60.2 Å². The summed E-state index contributed by atoms with van der Waals surface area (Å²) in [7, 11) is -2.65. The second-order valence-corrected chi connectivity index (χ2v) is 7.74. The molecule has 2 aromatic rings. The van der Waals surface area contributed by atoms with Crippen LogP contribution in [0.3, 0.4) is 0 Å². The molecular weight excluding hydrogens is 271 g/mol. The molecular formula is C16H17O3P. The molecule has 4 heteroatoms. The largest absolute Gasteiger partial charge is 0.346 e. The molecule has 0 radical (unpaired) electrons. The Balaban J connectivity index is 2.08. The second-order valence-electron chi connectivity index (χ2n) is 4.89. The lowest BCUT2D eigenvalue weighted by Gasteiger charge is -2.20. The van der Waals surface area contributed by atoms with Gasteiger partial charge in [-0.15, -0.1) is 0 Å². The van der Waals surface area contributed by atoms with E-state index in [1.807, 2.05) is 54.6 Å². The van der Waals surface area contributed by atoms with Gasteiger partial charge in [0.1, 0.15) is 7.14 Å². The van der Waals surface area contributed by atoms with Crippen LogP contribution in [-0.2, 0) is 14.0 Å². The van der Waals surface area contributed by atoms with Crippen molar-refractivity contribution in [1.82, 2.24) is 0 Å². The predicted octanol–water partition coefficient (Wildman–Crippen LogP) is 2.68. The molecule has 0 spiro atoms. The van der Waals surface area contributed by atoms with Crippen LogP contribution in [0.5, 0.6) is 0 Å². The lowest BCUT2D eigenvalue weighted by atomic mass is 10.2. The monoisotopic (exact) mass is 288 g/mol. The summed E-state index contributed by atoms with van der Waals surface area (Å²) in [5.41, 5.74) is 0.875. The van der Waals surface area contributed by atoms with Gasteiger partial charge in [-0.05, 0) is 6.66 Å². The molecule has 20 heavy (non-hydrogen) atoms. The Labute approximate surface area is 118 Å². The van der Waals surface area contributed by atoms with Gasteiger partial charge in [0.15, 0.2) is 6.29 Å². The minimum Gasteiger partial charge on any atom is -0.346 e. The molecule has 2 aromatic carbocycles. The Hall–Kier alpha value is -1.41. The third kappa shape index (κ3) is 2.45. The molecule has 0 aliphatic carbocycles. The van der Waals surface area contributed by atoms with E-state index in [4.69, 9.17) is 9.47 Å². The Kier molecular flexibility index (Phi) is 3.75. The Morgan fingerprint density at radius 3 is 2.25 bits per heavy atom. The molecule has 104 valence electrons. The first-order chi connectivity index (χ1) is 9.69. The van der Waals surface area contributed by atoms with Crippen molar-refractivity contribution in [2.24, 2.45) is 0 Å². The number of ether oxygens (including phenoxy) is 2. The Morgan fingerprint density at radius 1 is 0.950 bits per heavy atom. The van der Waals surface area contributed by atoms with E-state index in [9.17, 15) is 4.57 Å². The highest BCUT2D eigenvalue weighted by molar-refractivity contribution is 7.78. The number of hydrogen-bond acceptors (Lipinski definition) is 3. The molecule has 0 bridgehead atoms. The first kappa shape index (κ1) is 13.6. The van der Waals surface area contributed by atoms with E-state index in [0.717, 1.165) is 16.2 Å². The van der Waals surface area contributed by atoms with Crippen LogP contribution in [0.4, 0.5) is 0 Å². The van der Waals surface area contributed by atoms with E-state index < -0.39 is 13.4 Å². The van der Waals surface area contributed by atoms with Gasteiger partial charge in [-0.1, -0.05) is 54.6 Å². The number of benzene rings is 2. The topological polar surface area (TPSA) is 35.5 Å². The summed E-state index contributed by atoms with van der Waals surface area (Å²) in [4.78, 5) is 0. The van der Waals surface area contributed by atoms with Crippen molar-refractivity contribution in [1.29, 1.82) is 0 Å². The number of hydrogen-bond donors (Lipinski definition) is 0.